The first-order valence-electron chi connectivity index (χ1n) is 6.98. The van der Waals surface area contributed by atoms with Gasteiger partial charge in [0, 0.05) is 10.9 Å². The molecule has 0 radical (unpaired) electrons. The lowest BCUT2D eigenvalue weighted by molar-refractivity contribution is 0.193. The van der Waals surface area contributed by atoms with Gasteiger partial charge < -0.3 is 4.90 Å². The lowest BCUT2D eigenvalue weighted by atomic mass is 9.82. The average Bonchev–Trinajstić information content (AvgIpc) is 2.40. The molecule has 18 heavy (non-hydrogen) atoms. The first-order valence-corrected chi connectivity index (χ1v) is 8.21. The van der Waals surface area contributed by atoms with E-state index < -0.39 is 0 Å². The van der Waals surface area contributed by atoms with Crippen LogP contribution in [0.1, 0.15) is 31.2 Å². The summed E-state index contributed by atoms with van der Waals surface area (Å²) in [6.45, 7) is 0. The average molecular weight is 263 g/mol. The fourth-order valence-electron chi connectivity index (χ4n) is 2.96. The normalized spacial score (nSPS) is 24.4. The second-order valence-corrected chi connectivity index (χ2v) is 6.57. The van der Waals surface area contributed by atoms with E-state index in [-0.39, 0.29) is 0 Å². The molecular weight excluding hydrogens is 238 g/mol. The molecule has 100 valence electrons. The molecular formula is C16H25NS. The van der Waals surface area contributed by atoms with Crippen molar-refractivity contribution >= 4 is 11.8 Å². The van der Waals surface area contributed by atoms with Gasteiger partial charge in [-0.25, -0.2) is 0 Å². The Hall–Kier alpha value is -0.470. The Morgan fingerprint density at radius 1 is 1.06 bits per heavy atom. The Bertz CT molecular complexity index is 350. The van der Waals surface area contributed by atoms with E-state index in [1.165, 1.54) is 42.6 Å². The summed E-state index contributed by atoms with van der Waals surface area (Å²) in [7, 11) is 4.43. The van der Waals surface area contributed by atoms with Gasteiger partial charge in [-0.15, -0.1) is 11.8 Å². The molecule has 0 atom stereocenters. The van der Waals surface area contributed by atoms with E-state index in [4.69, 9.17) is 0 Å². The molecule has 1 nitrogen and oxygen atoms in total. The van der Waals surface area contributed by atoms with Gasteiger partial charge >= 0.3 is 0 Å². The number of hydrogen-bond donors (Lipinski definition) is 0. The van der Waals surface area contributed by atoms with E-state index in [9.17, 15) is 0 Å². The molecule has 0 saturated heterocycles. The smallest absolute Gasteiger partial charge is 0.00893 e. The van der Waals surface area contributed by atoms with Crippen LogP contribution in [0.3, 0.4) is 0 Å². The van der Waals surface area contributed by atoms with Crippen molar-refractivity contribution < 1.29 is 0 Å². The van der Waals surface area contributed by atoms with Crippen molar-refractivity contribution in [1.82, 2.24) is 4.90 Å². The molecule has 2 heteroatoms. The topological polar surface area (TPSA) is 3.24 Å². The van der Waals surface area contributed by atoms with E-state index in [1.54, 1.807) is 0 Å². The fourth-order valence-corrected chi connectivity index (χ4v) is 3.37. The van der Waals surface area contributed by atoms with Crippen LogP contribution in [0.2, 0.25) is 0 Å². The molecule has 0 amide bonds. The predicted octanol–water partition coefficient (Wildman–Crippen LogP) is 4.07. The van der Waals surface area contributed by atoms with Crippen LogP contribution in [-0.4, -0.2) is 31.3 Å². The van der Waals surface area contributed by atoms with Gasteiger partial charge in [0.25, 0.3) is 0 Å². The Labute approximate surface area is 116 Å². The third-order valence-electron chi connectivity index (χ3n) is 4.23. The van der Waals surface area contributed by atoms with Crippen molar-refractivity contribution in [2.24, 2.45) is 5.92 Å². The van der Waals surface area contributed by atoms with E-state index in [2.05, 4.69) is 49.5 Å². The second kappa shape index (κ2) is 6.63. The van der Waals surface area contributed by atoms with E-state index in [0.717, 1.165) is 12.0 Å². The van der Waals surface area contributed by atoms with Crippen LogP contribution in [0.25, 0.3) is 0 Å². The van der Waals surface area contributed by atoms with Crippen molar-refractivity contribution in [3.8, 4) is 0 Å². The first kappa shape index (κ1) is 14.0. The summed E-state index contributed by atoms with van der Waals surface area (Å²) >= 11 is 1.82. The number of thioether (sulfide) groups is 1. The largest absolute Gasteiger partial charge is 0.306 e. The molecule has 1 aliphatic rings. The van der Waals surface area contributed by atoms with Crippen LogP contribution in [0.4, 0.5) is 0 Å². The molecule has 1 aliphatic carbocycles. The SMILES string of the molecule is CSc1ccc(CC2CCC(N(C)C)CC2)cc1. The van der Waals surface area contributed by atoms with Crippen LogP contribution in [0.5, 0.6) is 0 Å². The molecule has 0 bridgehead atoms. The van der Waals surface area contributed by atoms with Gasteiger partial charge in [0.2, 0.25) is 0 Å². The van der Waals surface area contributed by atoms with Gasteiger partial charge in [0.05, 0.1) is 0 Å². The summed E-state index contributed by atoms with van der Waals surface area (Å²) in [5.41, 5.74) is 1.51. The number of rotatable bonds is 4. The summed E-state index contributed by atoms with van der Waals surface area (Å²) in [4.78, 5) is 3.76. The Morgan fingerprint density at radius 3 is 2.17 bits per heavy atom. The number of hydrogen-bond acceptors (Lipinski definition) is 2. The monoisotopic (exact) mass is 263 g/mol. The summed E-state index contributed by atoms with van der Waals surface area (Å²) in [5, 5.41) is 0. The first-order chi connectivity index (χ1) is 8.69. The van der Waals surface area contributed by atoms with Crippen molar-refractivity contribution in [2.75, 3.05) is 20.4 Å². The third-order valence-corrected chi connectivity index (χ3v) is 4.97. The molecule has 1 aromatic rings. The van der Waals surface area contributed by atoms with Crippen molar-refractivity contribution in [3.63, 3.8) is 0 Å². The molecule has 0 unspecified atom stereocenters. The fraction of sp³-hybridized carbons (Fsp3) is 0.625. The molecule has 0 aliphatic heterocycles. The van der Waals surface area contributed by atoms with Crippen LogP contribution in [0, 0.1) is 5.92 Å². The van der Waals surface area contributed by atoms with Gasteiger partial charge in [-0.2, -0.15) is 0 Å². The molecule has 0 N–H and O–H groups in total. The lowest BCUT2D eigenvalue weighted by Crippen LogP contribution is -2.32. The highest BCUT2D eigenvalue weighted by atomic mass is 32.2. The molecule has 1 fully saturated rings. The highest BCUT2D eigenvalue weighted by Gasteiger charge is 2.22. The van der Waals surface area contributed by atoms with Crippen molar-refractivity contribution in [1.29, 1.82) is 0 Å². The van der Waals surface area contributed by atoms with Gasteiger partial charge in [-0.05, 0) is 76.1 Å². The zero-order chi connectivity index (χ0) is 13.0. The molecule has 0 heterocycles. The Balaban J connectivity index is 1.83. The molecule has 1 aromatic carbocycles. The van der Waals surface area contributed by atoms with Gasteiger partial charge in [0.1, 0.15) is 0 Å². The van der Waals surface area contributed by atoms with Gasteiger partial charge in [0.15, 0.2) is 0 Å². The van der Waals surface area contributed by atoms with Crippen LogP contribution < -0.4 is 0 Å². The Kier molecular flexibility index (Phi) is 5.13. The Morgan fingerprint density at radius 2 is 1.67 bits per heavy atom. The van der Waals surface area contributed by atoms with Crippen molar-refractivity contribution in [3.05, 3.63) is 29.8 Å². The molecule has 1 saturated carbocycles. The highest BCUT2D eigenvalue weighted by Crippen LogP contribution is 2.29. The highest BCUT2D eigenvalue weighted by molar-refractivity contribution is 7.98. The maximum Gasteiger partial charge on any atom is 0.00893 e. The lowest BCUT2D eigenvalue weighted by Gasteiger charge is -2.32. The van der Waals surface area contributed by atoms with E-state index in [1.807, 2.05) is 11.8 Å². The van der Waals surface area contributed by atoms with Gasteiger partial charge in [-0.1, -0.05) is 12.1 Å². The molecule has 0 aromatic heterocycles. The van der Waals surface area contributed by atoms with E-state index >= 15 is 0 Å². The third kappa shape index (κ3) is 3.76. The second-order valence-electron chi connectivity index (χ2n) is 5.69. The number of nitrogens with zero attached hydrogens (tertiary/aromatic N) is 1. The zero-order valence-corrected chi connectivity index (χ0v) is 12.7. The zero-order valence-electron chi connectivity index (χ0n) is 11.9. The van der Waals surface area contributed by atoms with E-state index in [0.29, 0.717) is 0 Å². The summed E-state index contributed by atoms with van der Waals surface area (Å²) in [6, 6.07) is 9.95. The number of benzene rings is 1. The van der Waals surface area contributed by atoms with Crippen LogP contribution in [-0.2, 0) is 6.42 Å². The molecule has 0 spiro atoms. The minimum atomic E-state index is 0.820. The predicted molar refractivity (Wildman–Crippen MR) is 81.4 cm³/mol. The van der Waals surface area contributed by atoms with Crippen molar-refractivity contribution in [2.45, 2.75) is 43.0 Å². The maximum atomic E-state index is 2.39. The minimum Gasteiger partial charge on any atom is -0.306 e. The summed E-state index contributed by atoms with van der Waals surface area (Å²) in [6.07, 6.45) is 8.95. The molecule has 2 rings (SSSR count). The minimum absolute atomic E-state index is 0.820. The van der Waals surface area contributed by atoms with Gasteiger partial charge in [-0.3, -0.25) is 0 Å². The maximum absolute atomic E-state index is 2.39. The summed E-state index contributed by atoms with van der Waals surface area (Å²) < 4.78 is 0. The quantitative estimate of drug-likeness (QED) is 0.753. The summed E-state index contributed by atoms with van der Waals surface area (Å²) in [5.74, 6) is 0.904. The van der Waals surface area contributed by atoms with Crippen LogP contribution >= 0.6 is 11.8 Å². The standard InChI is InChI=1S/C16H25NS/c1-17(2)15-8-4-13(5-9-15)12-14-6-10-16(18-3)11-7-14/h6-7,10-11,13,15H,4-5,8-9,12H2,1-3H3. The van der Waals surface area contributed by atoms with Crippen LogP contribution in [0.15, 0.2) is 29.2 Å².